The van der Waals surface area contributed by atoms with Crippen molar-refractivity contribution in [3.8, 4) is 16.9 Å². The van der Waals surface area contributed by atoms with E-state index in [4.69, 9.17) is 10.5 Å². The van der Waals surface area contributed by atoms with Crippen LogP contribution in [0, 0.1) is 5.82 Å². The summed E-state index contributed by atoms with van der Waals surface area (Å²) in [6.45, 7) is 0.597. The summed E-state index contributed by atoms with van der Waals surface area (Å²) in [6.07, 6.45) is 5.17. The van der Waals surface area contributed by atoms with Gasteiger partial charge in [-0.25, -0.2) is 19.4 Å². The van der Waals surface area contributed by atoms with Crippen LogP contribution in [-0.2, 0) is 16.8 Å². The molecule has 150 valence electrons. The Morgan fingerprint density at radius 2 is 1.87 bits per heavy atom. The largest absolute Gasteiger partial charge is 0.493 e. The summed E-state index contributed by atoms with van der Waals surface area (Å²) in [5.74, 6) is 0.152. The second-order valence-electron chi connectivity index (χ2n) is 7.29. The van der Waals surface area contributed by atoms with Crippen molar-refractivity contribution in [3.63, 3.8) is 0 Å². The van der Waals surface area contributed by atoms with Gasteiger partial charge in [-0.15, -0.1) is 0 Å². The maximum atomic E-state index is 14.7. The summed E-state index contributed by atoms with van der Waals surface area (Å²) >= 11 is 0. The first-order chi connectivity index (χ1) is 14.5. The zero-order valence-electron chi connectivity index (χ0n) is 16.2. The van der Waals surface area contributed by atoms with Gasteiger partial charge in [0.15, 0.2) is 11.5 Å². The number of halogens is 1. The number of likely N-dealkylation sites (N-methyl/N-ethyl adjacent to an activating group) is 1. The molecule has 3 heterocycles. The van der Waals surface area contributed by atoms with Gasteiger partial charge in [0.2, 0.25) is 0 Å². The van der Waals surface area contributed by atoms with Crippen molar-refractivity contribution < 1.29 is 13.9 Å². The molecule has 0 bridgehead atoms. The van der Waals surface area contributed by atoms with Crippen molar-refractivity contribution >= 4 is 11.9 Å². The van der Waals surface area contributed by atoms with Crippen molar-refractivity contribution in [2.75, 3.05) is 13.7 Å². The summed E-state index contributed by atoms with van der Waals surface area (Å²) < 4.78 is 20.3. The Morgan fingerprint density at radius 1 is 1.13 bits per heavy atom. The fraction of sp³-hybridized carbons (Fsp3) is 0.182. The minimum atomic E-state index is -1.41. The molecule has 1 unspecified atom stereocenters. The Kier molecular flexibility index (Phi) is 4.02. The lowest BCUT2D eigenvalue weighted by molar-refractivity contribution is -0.129. The van der Waals surface area contributed by atoms with Crippen LogP contribution in [0.1, 0.15) is 16.7 Å². The maximum absolute atomic E-state index is 14.7. The third-order valence-electron chi connectivity index (χ3n) is 5.60. The number of hydrogen-bond acceptors (Lipinski definition) is 6. The van der Waals surface area contributed by atoms with Crippen LogP contribution in [0.25, 0.3) is 11.1 Å². The number of hydrogen-bond donors (Lipinski definition) is 1. The number of ether oxygens (including phenoxy) is 1. The van der Waals surface area contributed by atoms with E-state index in [0.29, 0.717) is 23.3 Å². The molecule has 0 aliphatic carbocycles. The lowest BCUT2D eigenvalue weighted by atomic mass is 9.81. The number of aromatic nitrogens is 2. The third-order valence-corrected chi connectivity index (χ3v) is 5.60. The molecule has 5 rings (SSSR count). The number of nitrogens with zero attached hydrogens (tertiary/aromatic N) is 4. The number of rotatable bonds is 3. The molecule has 0 fully saturated rings. The van der Waals surface area contributed by atoms with E-state index in [9.17, 15) is 9.18 Å². The van der Waals surface area contributed by atoms with Crippen LogP contribution in [-0.4, -0.2) is 40.4 Å². The van der Waals surface area contributed by atoms with E-state index in [-0.39, 0.29) is 17.4 Å². The average Bonchev–Trinajstić information content (AvgIpc) is 3.33. The normalized spacial score (nSPS) is 20.1. The van der Waals surface area contributed by atoms with Crippen molar-refractivity contribution in [2.24, 2.45) is 10.7 Å². The number of benzene rings is 2. The second kappa shape index (κ2) is 6.62. The highest BCUT2D eigenvalue weighted by Gasteiger charge is 2.50. The van der Waals surface area contributed by atoms with Crippen LogP contribution in [0.15, 0.2) is 60.1 Å². The molecule has 0 saturated heterocycles. The van der Waals surface area contributed by atoms with Gasteiger partial charge >= 0.3 is 0 Å². The Hall–Kier alpha value is -3.81. The summed E-state index contributed by atoms with van der Waals surface area (Å²) in [5.41, 5.74) is 7.60. The molecule has 2 aliphatic heterocycles. The van der Waals surface area contributed by atoms with Crippen molar-refractivity contribution in [1.82, 2.24) is 14.9 Å². The quantitative estimate of drug-likeness (QED) is 0.724. The highest BCUT2D eigenvalue weighted by atomic mass is 19.1. The van der Waals surface area contributed by atoms with Gasteiger partial charge in [-0.1, -0.05) is 12.1 Å². The fourth-order valence-corrected chi connectivity index (χ4v) is 4.01. The monoisotopic (exact) mass is 403 g/mol. The van der Waals surface area contributed by atoms with E-state index in [0.717, 1.165) is 17.7 Å². The third kappa shape index (κ3) is 2.57. The Morgan fingerprint density at radius 3 is 2.60 bits per heavy atom. The molecule has 7 nitrogen and oxygen atoms in total. The van der Waals surface area contributed by atoms with Gasteiger partial charge in [-0.2, -0.15) is 0 Å². The molecule has 3 aromatic rings. The summed E-state index contributed by atoms with van der Waals surface area (Å²) in [6, 6.07) is 10.1. The summed E-state index contributed by atoms with van der Waals surface area (Å²) in [5, 5.41) is 0. The lowest BCUT2D eigenvalue weighted by Gasteiger charge is -2.27. The molecule has 1 amide bonds. The summed E-state index contributed by atoms with van der Waals surface area (Å²) in [7, 11) is 1.58. The molecular formula is C22H18FN5O2. The first-order valence-corrected chi connectivity index (χ1v) is 9.46. The molecule has 2 aromatic carbocycles. The number of aliphatic imine (C=N–C) groups is 1. The first-order valence-electron chi connectivity index (χ1n) is 9.46. The van der Waals surface area contributed by atoms with Crippen LogP contribution < -0.4 is 10.5 Å². The SMILES string of the molecule is CN1C(=O)C(c2ccc3c(c2)CCO3)(c2ccc(F)c(-c3cncnc3)c2)N=C1N. The predicted molar refractivity (Wildman–Crippen MR) is 108 cm³/mol. The highest BCUT2D eigenvalue weighted by molar-refractivity contribution is 6.09. The van der Waals surface area contributed by atoms with E-state index < -0.39 is 11.4 Å². The molecule has 0 radical (unpaired) electrons. The smallest absolute Gasteiger partial charge is 0.266 e. The van der Waals surface area contributed by atoms with Gasteiger partial charge in [0.1, 0.15) is 17.9 Å². The van der Waals surface area contributed by atoms with Gasteiger partial charge in [-0.3, -0.25) is 9.69 Å². The van der Waals surface area contributed by atoms with Gasteiger partial charge in [-0.05, 0) is 41.0 Å². The highest BCUT2D eigenvalue weighted by Crippen LogP contribution is 2.42. The zero-order valence-corrected chi connectivity index (χ0v) is 16.2. The minimum absolute atomic E-state index is 0.102. The van der Waals surface area contributed by atoms with Gasteiger partial charge in [0.05, 0.1) is 6.61 Å². The molecule has 0 saturated carbocycles. The number of nitrogens with two attached hydrogens (primary N) is 1. The van der Waals surface area contributed by atoms with Gasteiger partial charge in [0, 0.05) is 37.0 Å². The first kappa shape index (κ1) is 18.2. The lowest BCUT2D eigenvalue weighted by Crippen LogP contribution is -2.41. The topological polar surface area (TPSA) is 93.7 Å². The van der Waals surface area contributed by atoms with Crippen LogP contribution in [0.5, 0.6) is 5.75 Å². The van der Waals surface area contributed by atoms with Gasteiger partial charge < -0.3 is 10.5 Å². The Labute approximate surface area is 172 Å². The molecule has 1 aromatic heterocycles. The standard InChI is InChI=1S/C22H18FN5O2/c1-28-20(29)22(27-21(28)24,15-3-5-19-13(8-15)6-7-30-19)16-2-4-18(23)17(9-16)14-10-25-12-26-11-14/h2-5,8-12H,6-7H2,1H3,(H2,24,27). The number of carbonyl (C=O) groups excluding carboxylic acids is 1. The molecule has 1 atom stereocenters. The second-order valence-corrected chi connectivity index (χ2v) is 7.29. The number of carbonyl (C=O) groups is 1. The molecular weight excluding hydrogens is 385 g/mol. The number of amides is 1. The van der Waals surface area contributed by atoms with Crippen molar-refractivity contribution in [1.29, 1.82) is 0 Å². The van der Waals surface area contributed by atoms with E-state index in [1.54, 1.807) is 19.2 Å². The van der Waals surface area contributed by atoms with Crippen LogP contribution in [0.3, 0.4) is 0 Å². The van der Waals surface area contributed by atoms with Crippen molar-refractivity contribution in [3.05, 3.63) is 77.6 Å². The number of fused-ring (bicyclic) bond motifs is 1. The van der Waals surface area contributed by atoms with Crippen LogP contribution >= 0.6 is 0 Å². The van der Waals surface area contributed by atoms with E-state index in [2.05, 4.69) is 15.0 Å². The molecule has 0 spiro atoms. The van der Waals surface area contributed by atoms with Crippen LogP contribution in [0.4, 0.5) is 4.39 Å². The Bertz CT molecular complexity index is 1200. The van der Waals surface area contributed by atoms with E-state index in [1.165, 1.54) is 29.7 Å². The van der Waals surface area contributed by atoms with Crippen LogP contribution in [0.2, 0.25) is 0 Å². The molecule has 2 aliphatic rings. The average molecular weight is 403 g/mol. The zero-order chi connectivity index (χ0) is 20.9. The molecule has 30 heavy (non-hydrogen) atoms. The number of guanidine groups is 1. The Balaban J connectivity index is 1.75. The van der Waals surface area contributed by atoms with Gasteiger partial charge in [0.25, 0.3) is 5.91 Å². The van der Waals surface area contributed by atoms with E-state index >= 15 is 0 Å². The van der Waals surface area contributed by atoms with E-state index in [1.807, 2.05) is 18.2 Å². The molecule has 8 heteroatoms. The van der Waals surface area contributed by atoms with Crippen molar-refractivity contribution in [2.45, 2.75) is 12.0 Å². The maximum Gasteiger partial charge on any atom is 0.266 e. The minimum Gasteiger partial charge on any atom is -0.493 e. The molecule has 2 N–H and O–H groups in total. The summed E-state index contributed by atoms with van der Waals surface area (Å²) in [4.78, 5) is 27.3. The fourth-order valence-electron chi connectivity index (χ4n) is 4.01. The predicted octanol–water partition coefficient (Wildman–Crippen LogP) is 2.25.